The lowest BCUT2D eigenvalue weighted by Crippen LogP contribution is -2.35. The van der Waals surface area contributed by atoms with Gasteiger partial charge in [0.1, 0.15) is 0 Å². The molecule has 0 aliphatic carbocycles. The highest BCUT2D eigenvalue weighted by Gasteiger charge is 2.27. The van der Waals surface area contributed by atoms with Crippen LogP contribution in [-0.2, 0) is 4.79 Å². The van der Waals surface area contributed by atoms with Crippen molar-refractivity contribution in [3.63, 3.8) is 0 Å². The second-order valence-electron chi connectivity index (χ2n) is 4.13. The number of hydrogen-bond acceptors (Lipinski definition) is 4. The van der Waals surface area contributed by atoms with E-state index in [4.69, 9.17) is 5.11 Å². The van der Waals surface area contributed by atoms with E-state index in [2.05, 4.69) is 15.2 Å². The van der Waals surface area contributed by atoms with Gasteiger partial charge in [-0.25, -0.2) is 0 Å². The third kappa shape index (κ3) is 2.61. The summed E-state index contributed by atoms with van der Waals surface area (Å²) in [7, 11) is 0. The molecule has 0 spiro atoms. The molecule has 0 aromatic carbocycles. The third-order valence-electron chi connectivity index (χ3n) is 2.86. The Morgan fingerprint density at radius 2 is 2.53 bits per heavy atom. The van der Waals surface area contributed by atoms with E-state index in [1.165, 1.54) is 0 Å². The highest BCUT2D eigenvalue weighted by molar-refractivity contribution is 5.82. The number of nitrogens with one attached hydrogen (secondary N) is 1. The lowest BCUT2D eigenvalue weighted by atomic mass is 10.1. The van der Waals surface area contributed by atoms with Crippen LogP contribution in [0.1, 0.15) is 25.7 Å². The Hall–Kier alpha value is -1.26. The molecule has 0 aromatic rings. The van der Waals surface area contributed by atoms with Gasteiger partial charge in [0.25, 0.3) is 0 Å². The average molecular weight is 211 g/mol. The summed E-state index contributed by atoms with van der Waals surface area (Å²) in [6.07, 6.45) is 3.06. The molecular formula is C10H17N3O2. The molecule has 84 valence electrons. The number of fused-ring (bicyclic) bond motifs is 1. The van der Waals surface area contributed by atoms with Gasteiger partial charge >= 0.3 is 5.97 Å². The number of carbonyl (C=O) groups is 1. The standard InChI is InChI=1S/C10H17N3O2/c14-9(15)4-1-3-8-7-13-6-2-5-11-10(13)12-8/h8H,1-7H2,(H,11,12)(H,14,15). The zero-order chi connectivity index (χ0) is 10.7. The zero-order valence-corrected chi connectivity index (χ0v) is 8.78. The molecule has 0 saturated carbocycles. The largest absolute Gasteiger partial charge is 0.481 e. The van der Waals surface area contributed by atoms with E-state index in [-0.39, 0.29) is 6.42 Å². The summed E-state index contributed by atoms with van der Waals surface area (Å²) in [5.41, 5.74) is 0. The molecule has 0 radical (unpaired) electrons. The highest BCUT2D eigenvalue weighted by atomic mass is 16.4. The zero-order valence-electron chi connectivity index (χ0n) is 8.78. The van der Waals surface area contributed by atoms with Gasteiger partial charge in [0.2, 0.25) is 0 Å². The number of rotatable bonds is 4. The lowest BCUT2D eigenvalue weighted by Gasteiger charge is -2.20. The number of carboxylic acids is 1. The number of aliphatic carboxylic acids is 1. The molecule has 0 bridgehead atoms. The SMILES string of the molecule is O=C(O)CCCC1CN2CCCN=C2N1. The van der Waals surface area contributed by atoms with Crippen LogP contribution in [0, 0.1) is 0 Å². The average Bonchev–Trinajstić information content (AvgIpc) is 2.59. The van der Waals surface area contributed by atoms with Crippen molar-refractivity contribution in [3.05, 3.63) is 0 Å². The number of carboxylic acid groups (broad SMARTS) is 1. The van der Waals surface area contributed by atoms with E-state index in [0.717, 1.165) is 44.9 Å². The summed E-state index contributed by atoms with van der Waals surface area (Å²) < 4.78 is 0. The summed E-state index contributed by atoms with van der Waals surface area (Å²) in [6, 6.07) is 0.390. The molecule has 2 rings (SSSR count). The topological polar surface area (TPSA) is 64.9 Å². The van der Waals surface area contributed by atoms with Crippen molar-refractivity contribution in [2.24, 2.45) is 4.99 Å². The van der Waals surface area contributed by atoms with Gasteiger partial charge in [-0.3, -0.25) is 9.79 Å². The van der Waals surface area contributed by atoms with Gasteiger partial charge in [-0.2, -0.15) is 0 Å². The van der Waals surface area contributed by atoms with Crippen LogP contribution in [0.4, 0.5) is 0 Å². The minimum absolute atomic E-state index is 0.269. The normalized spacial score (nSPS) is 24.4. The molecule has 0 amide bonds. The van der Waals surface area contributed by atoms with Crippen LogP contribution in [0.2, 0.25) is 0 Å². The van der Waals surface area contributed by atoms with Gasteiger partial charge in [-0.05, 0) is 19.3 Å². The van der Waals surface area contributed by atoms with E-state index in [1.54, 1.807) is 0 Å². The highest BCUT2D eigenvalue weighted by Crippen LogP contribution is 2.13. The van der Waals surface area contributed by atoms with E-state index in [1.807, 2.05) is 0 Å². The first kappa shape index (κ1) is 10.3. The summed E-state index contributed by atoms with van der Waals surface area (Å²) in [5.74, 6) is 0.310. The van der Waals surface area contributed by atoms with Crippen molar-refractivity contribution in [1.82, 2.24) is 10.2 Å². The molecule has 1 saturated heterocycles. The molecule has 2 N–H and O–H groups in total. The van der Waals surface area contributed by atoms with Gasteiger partial charge < -0.3 is 15.3 Å². The van der Waals surface area contributed by atoms with E-state index >= 15 is 0 Å². The number of aliphatic imine (C=N–C) groups is 1. The van der Waals surface area contributed by atoms with Crippen molar-refractivity contribution in [3.8, 4) is 0 Å². The molecule has 1 atom stereocenters. The van der Waals surface area contributed by atoms with E-state index in [9.17, 15) is 4.79 Å². The molecule has 15 heavy (non-hydrogen) atoms. The van der Waals surface area contributed by atoms with Crippen LogP contribution >= 0.6 is 0 Å². The third-order valence-corrected chi connectivity index (χ3v) is 2.86. The molecule has 2 aliphatic heterocycles. The summed E-state index contributed by atoms with van der Waals surface area (Å²) in [6.45, 7) is 2.99. The fourth-order valence-electron chi connectivity index (χ4n) is 2.12. The minimum atomic E-state index is -0.705. The summed E-state index contributed by atoms with van der Waals surface area (Å²) in [5, 5.41) is 11.9. The Morgan fingerprint density at radius 3 is 3.27 bits per heavy atom. The second kappa shape index (κ2) is 4.51. The Balaban J connectivity index is 1.75. The van der Waals surface area contributed by atoms with Crippen LogP contribution in [-0.4, -0.2) is 47.6 Å². The lowest BCUT2D eigenvalue weighted by molar-refractivity contribution is -0.137. The van der Waals surface area contributed by atoms with Gasteiger partial charge in [0, 0.05) is 32.1 Å². The predicted molar refractivity (Wildman–Crippen MR) is 56.9 cm³/mol. The fourth-order valence-corrected chi connectivity index (χ4v) is 2.12. The fraction of sp³-hybridized carbons (Fsp3) is 0.800. The quantitative estimate of drug-likeness (QED) is 0.700. The molecule has 5 nitrogen and oxygen atoms in total. The van der Waals surface area contributed by atoms with Crippen LogP contribution < -0.4 is 5.32 Å². The molecule has 0 aromatic heterocycles. The van der Waals surface area contributed by atoms with Gasteiger partial charge in [-0.1, -0.05) is 0 Å². The molecule has 2 heterocycles. The first-order valence-electron chi connectivity index (χ1n) is 5.53. The van der Waals surface area contributed by atoms with Crippen molar-refractivity contribution in [2.75, 3.05) is 19.6 Å². The van der Waals surface area contributed by atoms with Gasteiger partial charge in [-0.15, -0.1) is 0 Å². The molecule has 5 heteroatoms. The molecule has 1 unspecified atom stereocenters. The van der Waals surface area contributed by atoms with Gasteiger partial charge in [0.05, 0.1) is 0 Å². The molecular weight excluding hydrogens is 194 g/mol. The van der Waals surface area contributed by atoms with Crippen molar-refractivity contribution in [2.45, 2.75) is 31.7 Å². The maximum absolute atomic E-state index is 10.4. The second-order valence-corrected chi connectivity index (χ2v) is 4.13. The van der Waals surface area contributed by atoms with Gasteiger partial charge in [0.15, 0.2) is 5.96 Å². The van der Waals surface area contributed by atoms with Crippen LogP contribution in [0.5, 0.6) is 0 Å². The maximum Gasteiger partial charge on any atom is 0.303 e. The molecule has 1 fully saturated rings. The van der Waals surface area contributed by atoms with Crippen molar-refractivity contribution in [1.29, 1.82) is 0 Å². The predicted octanol–water partition coefficient (Wildman–Crippen LogP) is 0.275. The molecule has 2 aliphatic rings. The summed E-state index contributed by atoms with van der Waals surface area (Å²) >= 11 is 0. The Bertz CT molecular complexity index is 278. The number of nitrogens with zero attached hydrogens (tertiary/aromatic N) is 2. The van der Waals surface area contributed by atoms with Crippen LogP contribution in [0.3, 0.4) is 0 Å². The van der Waals surface area contributed by atoms with Crippen LogP contribution in [0.25, 0.3) is 0 Å². The van der Waals surface area contributed by atoms with Crippen molar-refractivity contribution >= 4 is 11.9 Å². The number of hydrogen-bond donors (Lipinski definition) is 2. The van der Waals surface area contributed by atoms with Crippen molar-refractivity contribution < 1.29 is 9.90 Å². The number of guanidine groups is 1. The first-order chi connectivity index (χ1) is 7.25. The first-order valence-corrected chi connectivity index (χ1v) is 5.53. The maximum atomic E-state index is 10.4. The van der Waals surface area contributed by atoms with E-state index in [0.29, 0.717) is 6.04 Å². The summed E-state index contributed by atoms with van der Waals surface area (Å²) in [4.78, 5) is 17.0. The van der Waals surface area contributed by atoms with Crippen LogP contribution in [0.15, 0.2) is 4.99 Å². The Labute approximate surface area is 89.2 Å². The minimum Gasteiger partial charge on any atom is -0.481 e. The monoisotopic (exact) mass is 211 g/mol. The smallest absolute Gasteiger partial charge is 0.303 e. The van der Waals surface area contributed by atoms with E-state index < -0.39 is 5.97 Å². The Morgan fingerprint density at radius 1 is 1.67 bits per heavy atom. The Kier molecular flexibility index (Phi) is 3.08.